The van der Waals surface area contributed by atoms with Crippen LogP contribution in [0, 0.1) is 0 Å². The molecule has 1 aliphatic heterocycles. The first-order valence-corrected chi connectivity index (χ1v) is 9.92. The lowest BCUT2D eigenvalue weighted by Gasteiger charge is -2.22. The van der Waals surface area contributed by atoms with Gasteiger partial charge in [-0.3, -0.25) is 0 Å². The Labute approximate surface area is 160 Å². The third-order valence-electron chi connectivity index (χ3n) is 5.17. The zero-order chi connectivity index (χ0) is 18.8. The van der Waals surface area contributed by atoms with Crippen LogP contribution in [0.15, 0.2) is 53.5 Å². The summed E-state index contributed by atoms with van der Waals surface area (Å²) in [4.78, 5) is 7.18. The van der Waals surface area contributed by atoms with Crippen molar-refractivity contribution >= 4 is 28.2 Å². The maximum absolute atomic E-state index is 6.34. The molecule has 0 radical (unpaired) electrons. The minimum Gasteiger partial charge on any atom is -0.452 e. The van der Waals surface area contributed by atoms with Gasteiger partial charge in [0.2, 0.25) is 0 Å². The highest BCUT2D eigenvalue weighted by molar-refractivity contribution is 5.95. The summed E-state index contributed by atoms with van der Waals surface area (Å²) in [7, 11) is 0. The SMILES string of the molecule is CCC/C=c1\ccc2c(c1)Oc1c(ccc3cc(N(CC)CC)ccc13)N=2. The van der Waals surface area contributed by atoms with Gasteiger partial charge < -0.3 is 9.64 Å². The van der Waals surface area contributed by atoms with Crippen molar-refractivity contribution in [2.75, 3.05) is 18.0 Å². The fraction of sp³-hybridized carbons (Fsp3) is 0.292. The Morgan fingerprint density at radius 1 is 0.963 bits per heavy atom. The predicted molar refractivity (Wildman–Crippen MR) is 114 cm³/mol. The quantitative estimate of drug-likeness (QED) is 0.482. The molecule has 0 amide bonds. The minimum absolute atomic E-state index is 0.840. The largest absolute Gasteiger partial charge is 0.452 e. The van der Waals surface area contributed by atoms with Crippen molar-refractivity contribution in [3.8, 4) is 11.5 Å². The van der Waals surface area contributed by atoms with Crippen LogP contribution in [-0.4, -0.2) is 13.1 Å². The fourth-order valence-corrected chi connectivity index (χ4v) is 3.64. The molecule has 27 heavy (non-hydrogen) atoms. The summed E-state index contributed by atoms with van der Waals surface area (Å²) in [5.41, 5.74) is 2.15. The summed E-state index contributed by atoms with van der Waals surface area (Å²) < 4.78 is 6.34. The van der Waals surface area contributed by atoms with Crippen LogP contribution in [0.1, 0.15) is 33.6 Å². The standard InChI is InChI=1S/C24H26N2O/c1-4-7-8-17-9-13-21-23(15-17)27-24-20-12-11-19(26(5-2)6-3)16-18(20)10-14-22(24)25-21/h8-16H,4-7H2,1-3H3/b17-8+. The Morgan fingerprint density at radius 2 is 1.81 bits per heavy atom. The summed E-state index contributed by atoms with van der Waals surface area (Å²) in [6.45, 7) is 8.57. The van der Waals surface area contributed by atoms with Crippen LogP contribution >= 0.6 is 0 Å². The lowest BCUT2D eigenvalue weighted by Crippen LogP contribution is -2.21. The molecule has 0 fully saturated rings. The Balaban J connectivity index is 1.81. The van der Waals surface area contributed by atoms with Crippen molar-refractivity contribution in [1.29, 1.82) is 0 Å². The number of unbranched alkanes of at least 4 members (excludes halogenated alkanes) is 1. The predicted octanol–water partition coefficient (Wildman–Crippen LogP) is 5.32. The van der Waals surface area contributed by atoms with Gasteiger partial charge in [0.25, 0.3) is 0 Å². The molecule has 138 valence electrons. The van der Waals surface area contributed by atoms with E-state index in [2.05, 4.69) is 74.2 Å². The Kier molecular flexibility index (Phi) is 4.85. The van der Waals surface area contributed by atoms with Gasteiger partial charge in [0, 0.05) is 24.2 Å². The van der Waals surface area contributed by atoms with E-state index in [4.69, 9.17) is 9.73 Å². The summed E-state index contributed by atoms with van der Waals surface area (Å²) in [5.74, 6) is 1.70. The van der Waals surface area contributed by atoms with Crippen LogP contribution in [0.4, 0.5) is 11.4 Å². The van der Waals surface area contributed by atoms with E-state index in [1.807, 2.05) is 6.07 Å². The van der Waals surface area contributed by atoms with Gasteiger partial charge in [0.1, 0.15) is 11.0 Å². The van der Waals surface area contributed by atoms with Gasteiger partial charge in [-0.05, 0) is 67.3 Å². The molecule has 0 bridgehead atoms. The molecule has 0 saturated heterocycles. The van der Waals surface area contributed by atoms with Crippen LogP contribution in [0.5, 0.6) is 11.5 Å². The van der Waals surface area contributed by atoms with E-state index in [1.165, 1.54) is 16.3 Å². The number of hydrogen-bond donors (Lipinski definition) is 0. The number of rotatable bonds is 5. The van der Waals surface area contributed by atoms with Crippen molar-refractivity contribution in [3.63, 3.8) is 0 Å². The number of benzene rings is 3. The summed E-state index contributed by atoms with van der Waals surface area (Å²) >= 11 is 0. The van der Waals surface area contributed by atoms with Gasteiger partial charge in [-0.1, -0.05) is 31.6 Å². The maximum Gasteiger partial charge on any atom is 0.160 e. The van der Waals surface area contributed by atoms with E-state index in [0.29, 0.717) is 0 Å². The molecule has 0 atom stereocenters. The highest BCUT2D eigenvalue weighted by atomic mass is 16.5. The van der Waals surface area contributed by atoms with Gasteiger partial charge in [-0.2, -0.15) is 0 Å². The first kappa shape index (κ1) is 17.6. The minimum atomic E-state index is 0.840. The molecule has 0 aromatic heterocycles. The first-order valence-electron chi connectivity index (χ1n) is 9.92. The average molecular weight is 358 g/mol. The molecular weight excluding hydrogens is 332 g/mol. The maximum atomic E-state index is 6.34. The lowest BCUT2D eigenvalue weighted by molar-refractivity contribution is 0.475. The third-order valence-corrected chi connectivity index (χ3v) is 5.17. The van der Waals surface area contributed by atoms with E-state index in [0.717, 1.165) is 53.9 Å². The molecule has 0 N–H and O–H groups in total. The molecule has 3 aromatic carbocycles. The normalized spacial score (nSPS) is 12.9. The van der Waals surface area contributed by atoms with Crippen LogP contribution in [0.3, 0.4) is 0 Å². The van der Waals surface area contributed by atoms with Crippen molar-refractivity contribution in [3.05, 3.63) is 59.1 Å². The summed E-state index contributed by atoms with van der Waals surface area (Å²) in [5, 5.41) is 4.39. The van der Waals surface area contributed by atoms with E-state index >= 15 is 0 Å². The number of fused-ring (bicyclic) bond motifs is 4. The number of ether oxygens (including phenoxy) is 1. The van der Waals surface area contributed by atoms with E-state index < -0.39 is 0 Å². The van der Waals surface area contributed by atoms with Gasteiger partial charge >= 0.3 is 0 Å². The molecule has 1 aliphatic rings. The highest BCUT2D eigenvalue weighted by Gasteiger charge is 2.16. The van der Waals surface area contributed by atoms with Crippen LogP contribution in [0.2, 0.25) is 0 Å². The monoisotopic (exact) mass is 358 g/mol. The van der Waals surface area contributed by atoms with Gasteiger partial charge in [0.15, 0.2) is 11.5 Å². The molecule has 3 nitrogen and oxygen atoms in total. The average Bonchev–Trinajstić information content (AvgIpc) is 2.71. The Hall–Kier alpha value is -2.81. The summed E-state index contributed by atoms with van der Waals surface area (Å²) in [6.07, 6.45) is 4.47. The first-order chi connectivity index (χ1) is 13.2. The second-order valence-electron chi connectivity index (χ2n) is 6.93. The molecule has 0 spiro atoms. The number of nitrogens with zero attached hydrogens (tertiary/aromatic N) is 2. The zero-order valence-electron chi connectivity index (χ0n) is 16.3. The second kappa shape index (κ2) is 7.43. The van der Waals surface area contributed by atoms with Gasteiger partial charge in [0.05, 0.1) is 0 Å². The molecule has 3 aromatic rings. The Bertz CT molecular complexity index is 1100. The molecule has 0 aliphatic carbocycles. The molecule has 0 unspecified atom stereocenters. The second-order valence-corrected chi connectivity index (χ2v) is 6.93. The van der Waals surface area contributed by atoms with Crippen LogP contribution in [0.25, 0.3) is 16.8 Å². The molecular formula is C24H26N2O. The van der Waals surface area contributed by atoms with Crippen molar-refractivity contribution in [1.82, 2.24) is 0 Å². The number of hydrogen-bond acceptors (Lipinski definition) is 3. The van der Waals surface area contributed by atoms with Crippen LogP contribution in [-0.2, 0) is 0 Å². The molecule has 0 saturated carbocycles. The highest BCUT2D eigenvalue weighted by Crippen LogP contribution is 2.40. The zero-order valence-corrected chi connectivity index (χ0v) is 16.3. The van der Waals surface area contributed by atoms with Gasteiger partial charge in [-0.15, -0.1) is 0 Å². The van der Waals surface area contributed by atoms with Crippen molar-refractivity contribution < 1.29 is 4.74 Å². The Morgan fingerprint density at radius 3 is 2.59 bits per heavy atom. The van der Waals surface area contributed by atoms with Gasteiger partial charge in [-0.25, -0.2) is 4.99 Å². The van der Waals surface area contributed by atoms with E-state index in [1.54, 1.807) is 0 Å². The lowest BCUT2D eigenvalue weighted by atomic mass is 10.1. The van der Waals surface area contributed by atoms with Crippen LogP contribution < -0.4 is 20.2 Å². The smallest absolute Gasteiger partial charge is 0.160 e. The summed E-state index contributed by atoms with van der Waals surface area (Å²) in [6, 6.07) is 17.0. The van der Waals surface area contributed by atoms with E-state index in [9.17, 15) is 0 Å². The molecule has 1 heterocycles. The fourth-order valence-electron chi connectivity index (χ4n) is 3.64. The van der Waals surface area contributed by atoms with Crippen molar-refractivity contribution in [2.45, 2.75) is 33.6 Å². The molecule has 4 rings (SSSR count). The number of anilines is 1. The molecule has 3 heteroatoms. The third kappa shape index (κ3) is 3.30. The topological polar surface area (TPSA) is 24.8 Å². The van der Waals surface area contributed by atoms with E-state index in [-0.39, 0.29) is 0 Å². The van der Waals surface area contributed by atoms with Crippen molar-refractivity contribution in [2.24, 2.45) is 4.99 Å².